The second-order valence-electron chi connectivity index (χ2n) is 8.90. The van der Waals surface area contributed by atoms with Crippen molar-refractivity contribution in [2.75, 3.05) is 6.61 Å². The molecule has 0 aromatic heterocycles. The molecule has 0 aliphatic heterocycles. The highest BCUT2D eigenvalue weighted by molar-refractivity contribution is 6.24. The van der Waals surface area contributed by atoms with Crippen molar-refractivity contribution in [2.24, 2.45) is 0 Å². The Labute approximate surface area is 234 Å². The number of carbonyl (C=O) groups is 4. The Hall–Kier alpha value is -5.31. The van der Waals surface area contributed by atoms with E-state index in [0.29, 0.717) is 12.8 Å². The highest BCUT2D eigenvalue weighted by Crippen LogP contribution is 2.46. The van der Waals surface area contributed by atoms with Crippen molar-refractivity contribution >= 4 is 23.5 Å². The van der Waals surface area contributed by atoms with Crippen LogP contribution in [0.4, 0.5) is 4.39 Å². The van der Waals surface area contributed by atoms with Gasteiger partial charge in [-0.25, -0.2) is 14.0 Å². The van der Waals surface area contributed by atoms with Gasteiger partial charge in [-0.15, -0.1) is 0 Å². The Morgan fingerprint density at radius 2 is 1.27 bits per heavy atom. The largest absolute Gasteiger partial charge is 0.504 e. The maximum Gasteiger partial charge on any atom is 0.343 e. The number of benzene rings is 4. The molecule has 8 nitrogen and oxygen atoms in total. The van der Waals surface area contributed by atoms with Crippen LogP contribution in [0.5, 0.6) is 17.2 Å². The van der Waals surface area contributed by atoms with E-state index in [9.17, 15) is 33.8 Å². The van der Waals surface area contributed by atoms with Crippen LogP contribution in [-0.4, -0.2) is 40.3 Å². The van der Waals surface area contributed by atoms with Crippen LogP contribution in [-0.2, 0) is 4.74 Å². The highest BCUT2D eigenvalue weighted by Gasteiger charge is 2.38. The second-order valence-corrected chi connectivity index (χ2v) is 8.90. The Morgan fingerprint density at radius 1 is 0.683 bits per heavy atom. The molecule has 9 heteroatoms. The average molecular weight is 557 g/mol. The number of rotatable bonds is 10. The molecule has 0 fully saturated rings. The van der Waals surface area contributed by atoms with Crippen LogP contribution in [0.3, 0.4) is 0 Å². The van der Waals surface area contributed by atoms with Crippen molar-refractivity contribution < 1.29 is 43.3 Å². The van der Waals surface area contributed by atoms with Crippen LogP contribution >= 0.6 is 0 Å². The van der Waals surface area contributed by atoms with Crippen molar-refractivity contribution in [3.63, 3.8) is 0 Å². The lowest BCUT2D eigenvalue weighted by Gasteiger charge is -2.20. The third-order valence-corrected chi connectivity index (χ3v) is 6.15. The van der Waals surface area contributed by atoms with Gasteiger partial charge in [-0.3, -0.25) is 9.59 Å². The zero-order valence-corrected chi connectivity index (χ0v) is 21.9. The minimum atomic E-state index is -1.22. The molecule has 4 rings (SSSR count). The fourth-order valence-electron chi connectivity index (χ4n) is 4.06. The number of ether oxygens (including phenoxy) is 2. The van der Waals surface area contributed by atoms with E-state index in [-0.39, 0.29) is 17.7 Å². The van der Waals surface area contributed by atoms with Gasteiger partial charge in [0, 0.05) is 5.56 Å². The summed E-state index contributed by atoms with van der Waals surface area (Å²) in [5, 5.41) is 22.1. The number of hydrogen-bond acceptors (Lipinski definition) is 8. The number of esters is 2. The molecule has 2 N–H and O–H groups in total. The summed E-state index contributed by atoms with van der Waals surface area (Å²) in [5.74, 6) is -8.62. The molecule has 4 aromatic carbocycles. The zero-order valence-electron chi connectivity index (χ0n) is 21.9. The molecule has 41 heavy (non-hydrogen) atoms. The van der Waals surface area contributed by atoms with Crippen LogP contribution in [0.15, 0.2) is 84.9 Å². The summed E-state index contributed by atoms with van der Waals surface area (Å²) < 4.78 is 25.5. The molecule has 0 bridgehead atoms. The third-order valence-electron chi connectivity index (χ3n) is 6.15. The number of hydrogen-bond donors (Lipinski definition) is 2. The topological polar surface area (TPSA) is 127 Å². The Morgan fingerprint density at radius 3 is 1.88 bits per heavy atom. The molecular formula is C32H25FO8. The van der Waals surface area contributed by atoms with E-state index in [1.807, 2.05) is 6.92 Å². The highest BCUT2D eigenvalue weighted by atomic mass is 19.1. The van der Waals surface area contributed by atoms with Crippen LogP contribution in [0, 0.1) is 5.82 Å². The molecule has 0 unspecified atom stereocenters. The number of phenols is 2. The average Bonchev–Trinajstić information content (AvgIpc) is 2.99. The van der Waals surface area contributed by atoms with Gasteiger partial charge < -0.3 is 19.7 Å². The van der Waals surface area contributed by atoms with E-state index in [1.54, 1.807) is 12.1 Å². The van der Waals surface area contributed by atoms with Crippen molar-refractivity contribution in [2.45, 2.75) is 19.8 Å². The summed E-state index contributed by atoms with van der Waals surface area (Å²) in [7, 11) is 0. The number of unbranched alkanes of at least 4 members (excludes halogenated alkanes) is 1. The maximum absolute atomic E-state index is 14.8. The molecule has 0 radical (unpaired) electrons. The standard InChI is InChI=1S/C32H25FO8/c1-2-3-18-40-32(39)23-24(26(34)19-12-6-4-7-13-19)28(36)29(37)30(41-31(38)20-14-8-5-9-15-20)25(23)27(35)21-16-10-11-17-22(21)33/h4-17,36-37H,2-3,18H2,1H3. The normalized spacial score (nSPS) is 10.6. The number of ketones is 2. The lowest BCUT2D eigenvalue weighted by Crippen LogP contribution is -2.22. The van der Waals surface area contributed by atoms with Crippen molar-refractivity contribution in [3.05, 3.63) is 124 Å². The molecule has 208 valence electrons. The Balaban J connectivity index is 2.05. The first-order valence-corrected chi connectivity index (χ1v) is 12.7. The molecule has 0 spiro atoms. The summed E-state index contributed by atoms with van der Waals surface area (Å²) in [4.78, 5) is 54.1. The molecule has 0 saturated heterocycles. The minimum absolute atomic E-state index is 0.00290. The first-order valence-electron chi connectivity index (χ1n) is 12.7. The molecule has 0 aliphatic carbocycles. The van der Waals surface area contributed by atoms with Crippen molar-refractivity contribution in [1.29, 1.82) is 0 Å². The number of aromatic hydroxyl groups is 2. The van der Waals surface area contributed by atoms with E-state index in [0.717, 1.165) is 12.1 Å². The second kappa shape index (κ2) is 12.7. The fraction of sp³-hybridized carbons (Fsp3) is 0.125. The van der Waals surface area contributed by atoms with E-state index in [1.165, 1.54) is 60.7 Å². The van der Waals surface area contributed by atoms with Gasteiger partial charge in [-0.1, -0.05) is 74.0 Å². The predicted octanol–water partition coefficient (Wildman–Crippen LogP) is 5.88. The fourth-order valence-corrected chi connectivity index (χ4v) is 4.06. The van der Waals surface area contributed by atoms with Crippen LogP contribution < -0.4 is 4.74 Å². The molecule has 0 heterocycles. The monoisotopic (exact) mass is 556 g/mol. The molecular weight excluding hydrogens is 531 g/mol. The van der Waals surface area contributed by atoms with E-state index < -0.39 is 68.8 Å². The molecule has 0 saturated carbocycles. The van der Waals surface area contributed by atoms with Crippen molar-refractivity contribution in [1.82, 2.24) is 0 Å². The van der Waals surface area contributed by atoms with Gasteiger partial charge >= 0.3 is 11.9 Å². The van der Waals surface area contributed by atoms with E-state index >= 15 is 0 Å². The lowest BCUT2D eigenvalue weighted by atomic mass is 9.88. The number of carbonyl (C=O) groups excluding carboxylic acids is 4. The van der Waals surface area contributed by atoms with Gasteiger partial charge in [-0.05, 0) is 30.7 Å². The zero-order chi connectivity index (χ0) is 29.5. The maximum atomic E-state index is 14.8. The van der Waals surface area contributed by atoms with E-state index in [4.69, 9.17) is 9.47 Å². The summed E-state index contributed by atoms with van der Waals surface area (Å²) in [6.07, 6.45) is 1.08. The number of phenolic OH excluding ortho intramolecular Hbond substituents is 2. The van der Waals surface area contributed by atoms with Gasteiger partial charge in [0.25, 0.3) is 0 Å². The Bertz CT molecular complexity index is 1610. The molecule has 0 atom stereocenters. The Kier molecular flexibility index (Phi) is 8.88. The number of halogens is 1. The third kappa shape index (κ3) is 5.99. The summed E-state index contributed by atoms with van der Waals surface area (Å²) in [6, 6.07) is 19.8. The molecule has 0 aliphatic rings. The van der Waals surface area contributed by atoms with Crippen LogP contribution in [0.1, 0.15) is 72.3 Å². The van der Waals surface area contributed by atoms with Gasteiger partial charge in [0.1, 0.15) is 5.82 Å². The smallest absolute Gasteiger partial charge is 0.343 e. The van der Waals surface area contributed by atoms with Gasteiger partial charge in [0.15, 0.2) is 17.3 Å². The summed E-state index contributed by atoms with van der Waals surface area (Å²) >= 11 is 0. The summed E-state index contributed by atoms with van der Waals surface area (Å²) in [6.45, 7) is 1.74. The van der Waals surface area contributed by atoms with Gasteiger partial charge in [-0.2, -0.15) is 0 Å². The molecule has 4 aromatic rings. The lowest BCUT2D eigenvalue weighted by molar-refractivity contribution is 0.0491. The minimum Gasteiger partial charge on any atom is -0.504 e. The quantitative estimate of drug-likeness (QED) is 0.0816. The first kappa shape index (κ1) is 28.7. The SMILES string of the molecule is CCCCOC(=O)c1c(C(=O)c2ccccc2)c(O)c(O)c(OC(=O)c2ccccc2)c1C(=O)c1ccccc1F. The van der Waals surface area contributed by atoms with Crippen LogP contribution in [0.25, 0.3) is 0 Å². The van der Waals surface area contributed by atoms with Crippen molar-refractivity contribution in [3.8, 4) is 17.2 Å². The van der Waals surface area contributed by atoms with Gasteiger partial charge in [0.2, 0.25) is 11.5 Å². The van der Waals surface area contributed by atoms with Crippen LogP contribution in [0.2, 0.25) is 0 Å². The molecule has 0 amide bonds. The van der Waals surface area contributed by atoms with E-state index in [2.05, 4.69) is 0 Å². The summed E-state index contributed by atoms with van der Waals surface area (Å²) in [5.41, 5.74) is -2.91. The predicted molar refractivity (Wildman–Crippen MR) is 146 cm³/mol. The van der Waals surface area contributed by atoms with Gasteiger partial charge in [0.05, 0.1) is 34.4 Å². The first-order chi connectivity index (χ1) is 19.8.